The molecule has 1 aliphatic heterocycles. The van der Waals surface area contributed by atoms with Crippen molar-refractivity contribution in [3.63, 3.8) is 0 Å². The average molecular weight is 264 g/mol. The third kappa shape index (κ3) is 3.56. The van der Waals surface area contributed by atoms with E-state index in [1.807, 2.05) is 24.3 Å². The SMILES string of the molecule is CCCn1cncc1CNC(C)C(=O)N1CCCC1. The van der Waals surface area contributed by atoms with Crippen LogP contribution in [-0.4, -0.2) is 39.5 Å². The minimum Gasteiger partial charge on any atom is -0.341 e. The van der Waals surface area contributed by atoms with Crippen LogP contribution in [0.3, 0.4) is 0 Å². The summed E-state index contributed by atoms with van der Waals surface area (Å²) < 4.78 is 2.14. The van der Waals surface area contributed by atoms with Crippen LogP contribution >= 0.6 is 0 Å². The second kappa shape index (κ2) is 6.70. The smallest absolute Gasteiger partial charge is 0.239 e. The number of imidazole rings is 1. The molecule has 1 amide bonds. The summed E-state index contributed by atoms with van der Waals surface area (Å²) in [5.74, 6) is 0.221. The van der Waals surface area contributed by atoms with Gasteiger partial charge in [0.25, 0.3) is 0 Å². The second-order valence-corrected chi connectivity index (χ2v) is 5.21. The first-order valence-electron chi connectivity index (χ1n) is 7.23. The first-order chi connectivity index (χ1) is 9.22. The molecule has 1 aliphatic rings. The van der Waals surface area contributed by atoms with E-state index in [-0.39, 0.29) is 11.9 Å². The number of hydrogen-bond acceptors (Lipinski definition) is 3. The highest BCUT2D eigenvalue weighted by Crippen LogP contribution is 2.09. The van der Waals surface area contributed by atoms with Gasteiger partial charge in [-0.15, -0.1) is 0 Å². The summed E-state index contributed by atoms with van der Waals surface area (Å²) in [5.41, 5.74) is 1.14. The van der Waals surface area contributed by atoms with Crippen LogP contribution in [0.1, 0.15) is 38.8 Å². The molecule has 5 heteroatoms. The minimum absolute atomic E-state index is 0.122. The molecule has 1 unspecified atom stereocenters. The molecule has 1 saturated heterocycles. The Hall–Kier alpha value is -1.36. The molecule has 0 radical (unpaired) electrons. The van der Waals surface area contributed by atoms with E-state index in [4.69, 9.17) is 0 Å². The predicted octanol–water partition coefficient (Wildman–Crippen LogP) is 1.39. The highest BCUT2D eigenvalue weighted by molar-refractivity contribution is 5.81. The lowest BCUT2D eigenvalue weighted by Gasteiger charge is -2.21. The molecule has 19 heavy (non-hydrogen) atoms. The van der Waals surface area contributed by atoms with E-state index in [0.29, 0.717) is 6.54 Å². The highest BCUT2D eigenvalue weighted by atomic mass is 16.2. The maximum absolute atomic E-state index is 12.2. The zero-order chi connectivity index (χ0) is 13.7. The Labute approximate surface area is 115 Å². The standard InChI is InChI=1S/C14H24N4O/c1-3-6-18-11-15-9-13(18)10-16-12(2)14(19)17-7-4-5-8-17/h9,11-12,16H,3-8,10H2,1-2H3. The fraction of sp³-hybridized carbons (Fsp3) is 0.714. The third-order valence-corrected chi connectivity index (χ3v) is 3.64. The van der Waals surface area contributed by atoms with Crippen LogP contribution in [-0.2, 0) is 17.9 Å². The van der Waals surface area contributed by atoms with Crippen molar-refractivity contribution in [2.75, 3.05) is 13.1 Å². The Balaban J connectivity index is 1.83. The van der Waals surface area contributed by atoms with Crippen LogP contribution in [0.2, 0.25) is 0 Å². The van der Waals surface area contributed by atoms with Crippen molar-refractivity contribution < 1.29 is 4.79 Å². The van der Waals surface area contributed by atoms with Crippen LogP contribution in [0.25, 0.3) is 0 Å². The molecule has 0 spiro atoms. The van der Waals surface area contributed by atoms with Crippen molar-refractivity contribution >= 4 is 5.91 Å². The van der Waals surface area contributed by atoms with E-state index in [9.17, 15) is 4.79 Å². The van der Waals surface area contributed by atoms with E-state index >= 15 is 0 Å². The van der Waals surface area contributed by atoms with E-state index < -0.39 is 0 Å². The predicted molar refractivity (Wildman–Crippen MR) is 74.6 cm³/mol. The van der Waals surface area contributed by atoms with Crippen molar-refractivity contribution in [2.45, 2.75) is 52.2 Å². The Bertz CT molecular complexity index is 409. The van der Waals surface area contributed by atoms with Crippen molar-refractivity contribution in [1.82, 2.24) is 19.8 Å². The van der Waals surface area contributed by atoms with Gasteiger partial charge in [0.2, 0.25) is 5.91 Å². The van der Waals surface area contributed by atoms with Gasteiger partial charge in [-0.3, -0.25) is 4.79 Å². The number of amides is 1. The summed E-state index contributed by atoms with van der Waals surface area (Å²) in [6, 6.07) is -0.122. The number of nitrogens with one attached hydrogen (secondary N) is 1. The maximum atomic E-state index is 12.2. The number of rotatable bonds is 6. The Morgan fingerprint density at radius 3 is 2.89 bits per heavy atom. The zero-order valence-electron chi connectivity index (χ0n) is 11.9. The summed E-state index contributed by atoms with van der Waals surface area (Å²) in [4.78, 5) is 18.3. The highest BCUT2D eigenvalue weighted by Gasteiger charge is 2.22. The molecule has 1 aromatic rings. The van der Waals surface area contributed by atoms with Gasteiger partial charge in [0.15, 0.2) is 0 Å². The van der Waals surface area contributed by atoms with Crippen LogP contribution in [0.15, 0.2) is 12.5 Å². The van der Waals surface area contributed by atoms with Gasteiger partial charge >= 0.3 is 0 Å². The molecular weight excluding hydrogens is 240 g/mol. The lowest BCUT2D eigenvalue weighted by Crippen LogP contribution is -2.43. The van der Waals surface area contributed by atoms with Gasteiger partial charge < -0.3 is 14.8 Å². The van der Waals surface area contributed by atoms with E-state index in [1.165, 1.54) is 0 Å². The fourth-order valence-corrected chi connectivity index (χ4v) is 2.49. The summed E-state index contributed by atoms with van der Waals surface area (Å²) in [6.07, 6.45) is 7.10. The van der Waals surface area contributed by atoms with Gasteiger partial charge in [-0.1, -0.05) is 6.92 Å². The number of carbonyl (C=O) groups is 1. The second-order valence-electron chi connectivity index (χ2n) is 5.21. The van der Waals surface area contributed by atoms with Gasteiger partial charge in [0.05, 0.1) is 18.1 Å². The van der Waals surface area contributed by atoms with Gasteiger partial charge in [-0.25, -0.2) is 4.98 Å². The van der Waals surface area contributed by atoms with Gasteiger partial charge in [0, 0.05) is 32.4 Å². The third-order valence-electron chi connectivity index (χ3n) is 3.64. The lowest BCUT2D eigenvalue weighted by molar-refractivity contribution is -0.132. The van der Waals surface area contributed by atoms with E-state index in [1.54, 1.807) is 0 Å². The van der Waals surface area contributed by atoms with Crippen LogP contribution in [0.5, 0.6) is 0 Å². The van der Waals surface area contributed by atoms with Crippen LogP contribution < -0.4 is 5.32 Å². The molecule has 1 atom stereocenters. The topological polar surface area (TPSA) is 50.2 Å². The number of nitrogens with zero attached hydrogens (tertiary/aromatic N) is 3. The molecule has 5 nitrogen and oxygen atoms in total. The Kier molecular flexibility index (Phi) is 4.96. The number of hydrogen-bond donors (Lipinski definition) is 1. The molecule has 0 saturated carbocycles. The lowest BCUT2D eigenvalue weighted by atomic mass is 10.3. The number of aromatic nitrogens is 2. The monoisotopic (exact) mass is 264 g/mol. The minimum atomic E-state index is -0.122. The molecule has 2 rings (SSSR count). The van der Waals surface area contributed by atoms with E-state index in [0.717, 1.165) is 44.6 Å². The molecule has 1 N–H and O–H groups in total. The van der Waals surface area contributed by atoms with Crippen LogP contribution in [0, 0.1) is 0 Å². The molecule has 0 aromatic carbocycles. The first-order valence-corrected chi connectivity index (χ1v) is 7.23. The summed E-state index contributed by atoms with van der Waals surface area (Å²) >= 11 is 0. The molecule has 0 bridgehead atoms. The number of likely N-dealkylation sites (tertiary alicyclic amines) is 1. The molecule has 106 valence electrons. The number of aryl methyl sites for hydroxylation is 1. The van der Waals surface area contributed by atoms with Gasteiger partial charge in [-0.2, -0.15) is 0 Å². The number of carbonyl (C=O) groups excluding carboxylic acids is 1. The van der Waals surface area contributed by atoms with Crippen molar-refractivity contribution in [1.29, 1.82) is 0 Å². The Morgan fingerprint density at radius 1 is 1.47 bits per heavy atom. The van der Waals surface area contributed by atoms with Gasteiger partial charge in [-0.05, 0) is 26.2 Å². The summed E-state index contributed by atoms with van der Waals surface area (Å²) in [5, 5.41) is 3.31. The van der Waals surface area contributed by atoms with Crippen molar-refractivity contribution in [3.05, 3.63) is 18.2 Å². The zero-order valence-corrected chi connectivity index (χ0v) is 11.9. The normalized spacial score (nSPS) is 16.8. The Morgan fingerprint density at radius 2 is 2.21 bits per heavy atom. The molecule has 2 heterocycles. The largest absolute Gasteiger partial charge is 0.341 e. The van der Waals surface area contributed by atoms with Gasteiger partial charge in [0.1, 0.15) is 0 Å². The molecule has 0 aliphatic carbocycles. The summed E-state index contributed by atoms with van der Waals surface area (Å²) in [7, 11) is 0. The average Bonchev–Trinajstić information content (AvgIpc) is 3.07. The molecular formula is C14H24N4O. The summed E-state index contributed by atoms with van der Waals surface area (Å²) in [6.45, 7) is 7.60. The van der Waals surface area contributed by atoms with E-state index in [2.05, 4.69) is 21.8 Å². The van der Waals surface area contributed by atoms with Crippen LogP contribution in [0.4, 0.5) is 0 Å². The quantitative estimate of drug-likeness (QED) is 0.845. The van der Waals surface area contributed by atoms with Crippen molar-refractivity contribution in [3.8, 4) is 0 Å². The molecule has 1 aromatic heterocycles. The first kappa shape index (κ1) is 14.1. The fourth-order valence-electron chi connectivity index (χ4n) is 2.49. The molecule has 1 fully saturated rings. The maximum Gasteiger partial charge on any atom is 0.239 e. The van der Waals surface area contributed by atoms with Crippen molar-refractivity contribution in [2.24, 2.45) is 0 Å².